The van der Waals surface area contributed by atoms with Crippen molar-refractivity contribution in [3.05, 3.63) is 60.1 Å². The van der Waals surface area contributed by atoms with Crippen molar-refractivity contribution in [1.29, 1.82) is 0 Å². The summed E-state index contributed by atoms with van der Waals surface area (Å²) in [4.78, 5) is 13.6. The van der Waals surface area contributed by atoms with Crippen molar-refractivity contribution in [2.75, 3.05) is 25.5 Å². The van der Waals surface area contributed by atoms with Crippen LogP contribution in [0.1, 0.15) is 17.4 Å². The van der Waals surface area contributed by atoms with Crippen LogP contribution in [0.3, 0.4) is 0 Å². The van der Waals surface area contributed by atoms with E-state index in [0.717, 1.165) is 11.3 Å². The molecule has 0 saturated heterocycles. The van der Waals surface area contributed by atoms with Gasteiger partial charge >= 0.3 is 0 Å². The predicted octanol–water partition coefficient (Wildman–Crippen LogP) is 2.21. The summed E-state index contributed by atoms with van der Waals surface area (Å²) in [6, 6.07) is 11.1. The summed E-state index contributed by atoms with van der Waals surface area (Å²) in [6.45, 7) is 0.155. The van der Waals surface area contributed by atoms with E-state index in [2.05, 4.69) is 5.32 Å². The largest absolute Gasteiger partial charge is 0.465 e. The Morgan fingerprint density at radius 1 is 1.32 bits per heavy atom. The van der Waals surface area contributed by atoms with E-state index in [1.165, 1.54) is 6.08 Å². The Morgan fingerprint density at radius 2 is 2.05 bits per heavy atom. The third kappa shape index (κ3) is 4.49. The van der Waals surface area contributed by atoms with Crippen LogP contribution in [-0.2, 0) is 4.79 Å². The second kappa shape index (κ2) is 7.47. The molecule has 1 aromatic carbocycles. The van der Waals surface area contributed by atoms with Crippen LogP contribution in [0.4, 0.5) is 5.69 Å². The van der Waals surface area contributed by atoms with E-state index in [-0.39, 0.29) is 12.5 Å². The number of furan rings is 1. The molecule has 0 aliphatic rings. The van der Waals surface area contributed by atoms with Gasteiger partial charge in [0.25, 0.3) is 0 Å². The highest BCUT2D eigenvalue weighted by atomic mass is 16.3. The van der Waals surface area contributed by atoms with Crippen molar-refractivity contribution in [1.82, 2.24) is 5.32 Å². The Balaban J connectivity index is 1.84. The average Bonchev–Trinajstić information content (AvgIpc) is 3.04. The molecule has 0 radical (unpaired) electrons. The van der Waals surface area contributed by atoms with Crippen molar-refractivity contribution < 1.29 is 14.3 Å². The van der Waals surface area contributed by atoms with Gasteiger partial charge in [-0.1, -0.05) is 12.1 Å². The fraction of sp³-hybridized carbons (Fsp3) is 0.235. The molecule has 5 heteroatoms. The number of aliphatic hydroxyl groups excluding tert-OH is 1. The molecule has 1 heterocycles. The van der Waals surface area contributed by atoms with Gasteiger partial charge in [0.1, 0.15) is 5.76 Å². The normalized spacial score (nSPS) is 12.3. The van der Waals surface area contributed by atoms with Gasteiger partial charge in [0.15, 0.2) is 0 Å². The number of carbonyl (C=O) groups is 1. The van der Waals surface area contributed by atoms with Gasteiger partial charge in [0, 0.05) is 32.4 Å². The number of rotatable bonds is 6. The maximum Gasteiger partial charge on any atom is 0.244 e. The molecule has 116 valence electrons. The lowest BCUT2D eigenvalue weighted by Crippen LogP contribution is -2.26. The molecule has 0 spiro atoms. The highest BCUT2D eigenvalue weighted by Gasteiger charge is 2.08. The summed E-state index contributed by atoms with van der Waals surface area (Å²) in [5.74, 6) is 0.329. The van der Waals surface area contributed by atoms with E-state index < -0.39 is 6.10 Å². The zero-order valence-electron chi connectivity index (χ0n) is 12.7. The van der Waals surface area contributed by atoms with Crippen molar-refractivity contribution >= 4 is 17.7 Å². The summed E-state index contributed by atoms with van der Waals surface area (Å²) in [6.07, 6.45) is 3.75. The van der Waals surface area contributed by atoms with E-state index in [0.29, 0.717) is 5.76 Å². The fourth-order valence-corrected chi connectivity index (χ4v) is 1.91. The number of amides is 1. The van der Waals surface area contributed by atoms with E-state index in [9.17, 15) is 9.90 Å². The Hall–Kier alpha value is -2.53. The molecular weight excluding hydrogens is 280 g/mol. The lowest BCUT2D eigenvalue weighted by molar-refractivity contribution is -0.116. The van der Waals surface area contributed by atoms with Gasteiger partial charge in [-0.3, -0.25) is 4.79 Å². The van der Waals surface area contributed by atoms with Crippen molar-refractivity contribution in [3.8, 4) is 0 Å². The third-order valence-corrected chi connectivity index (χ3v) is 3.21. The van der Waals surface area contributed by atoms with Crippen LogP contribution in [0.15, 0.2) is 53.2 Å². The van der Waals surface area contributed by atoms with Crippen molar-refractivity contribution in [2.24, 2.45) is 0 Å². The molecule has 2 N–H and O–H groups in total. The quantitative estimate of drug-likeness (QED) is 0.803. The van der Waals surface area contributed by atoms with Crippen LogP contribution in [0, 0.1) is 0 Å². The van der Waals surface area contributed by atoms with E-state index in [4.69, 9.17) is 4.42 Å². The number of nitrogens with zero attached hydrogens (tertiary/aromatic N) is 1. The molecule has 1 amide bonds. The smallest absolute Gasteiger partial charge is 0.244 e. The molecule has 1 unspecified atom stereocenters. The number of nitrogens with one attached hydrogen (secondary N) is 1. The van der Waals surface area contributed by atoms with Crippen molar-refractivity contribution in [3.63, 3.8) is 0 Å². The molecule has 0 bridgehead atoms. The van der Waals surface area contributed by atoms with Crippen LogP contribution in [-0.4, -0.2) is 31.7 Å². The molecular formula is C17H20N2O3. The van der Waals surface area contributed by atoms with Crippen LogP contribution in [0.25, 0.3) is 6.08 Å². The maximum absolute atomic E-state index is 11.7. The minimum atomic E-state index is -0.739. The number of benzene rings is 1. The molecule has 2 rings (SSSR count). The van der Waals surface area contributed by atoms with Gasteiger partial charge < -0.3 is 19.7 Å². The second-order valence-corrected chi connectivity index (χ2v) is 5.10. The van der Waals surface area contributed by atoms with Gasteiger partial charge in [0.2, 0.25) is 5.91 Å². The third-order valence-electron chi connectivity index (χ3n) is 3.21. The topological polar surface area (TPSA) is 65.7 Å². The molecule has 0 saturated carbocycles. The molecule has 0 fully saturated rings. The van der Waals surface area contributed by atoms with Crippen LogP contribution >= 0.6 is 0 Å². The molecule has 5 nitrogen and oxygen atoms in total. The van der Waals surface area contributed by atoms with Crippen LogP contribution < -0.4 is 10.2 Å². The minimum absolute atomic E-state index is 0.155. The molecule has 1 atom stereocenters. The number of hydrogen-bond donors (Lipinski definition) is 2. The van der Waals surface area contributed by atoms with Gasteiger partial charge in [-0.25, -0.2) is 0 Å². The maximum atomic E-state index is 11.7. The molecule has 2 aromatic rings. The Bertz CT molecular complexity index is 616. The summed E-state index contributed by atoms with van der Waals surface area (Å²) in [7, 11) is 3.91. The average molecular weight is 300 g/mol. The molecule has 1 aromatic heterocycles. The van der Waals surface area contributed by atoms with Crippen LogP contribution in [0.5, 0.6) is 0 Å². The number of hydrogen-bond acceptors (Lipinski definition) is 4. The predicted molar refractivity (Wildman–Crippen MR) is 86.5 cm³/mol. The monoisotopic (exact) mass is 300 g/mol. The Morgan fingerprint density at radius 3 is 2.64 bits per heavy atom. The van der Waals surface area contributed by atoms with Gasteiger partial charge in [-0.2, -0.15) is 0 Å². The van der Waals surface area contributed by atoms with Gasteiger partial charge in [-0.15, -0.1) is 0 Å². The summed E-state index contributed by atoms with van der Waals surface area (Å²) >= 11 is 0. The summed E-state index contributed by atoms with van der Waals surface area (Å²) < 4.78 is 5.09. The lowest BCUT2D eigenvalue weighted by atomic mass is 10.1. The van der Waals surface area contributed by atoms with E-state index >= 15 is 0 Å². The van der Waals surface area contributed by atoms with E-state index in [1.807, 2.05) is 43.3 Å². The highest BCUT2D eigenvalue weighted by Crippen LogP contribution is 2.17. The number of aliphatic hydroxyl groups is 1. The van der Waals surface area contributed by atoms with Crippen molar-refractivity contribution in [2.45, 2.75) is 6.10 Å². The standard InChI is InChI=1S/C17H20N2O3/c1-19(2)14-7-5-13(6-8-14)16(20)12-18-17(21)10-9-15-4-3-11-22-15/h3-11,16,20H,12H2,1-2H3,(H,18,21)/b10-9+. The first kappa shape index (κ1) is 15.9. The van der Waals surface area contributed by atoms with E-state index in [1.54, 1.807) is 24.5 Å². The Labute approximate surface area is 129 Å². The fourth-order valence-electron chi connectivity index (χ4n) is 1.91. The van der Waals surface area contributed by atoms with Crippen LogP contribution in [0.2, 0.25) is 0 Å². The second-order valence-electron chi connectivity index (χ2n) is 5.10. The SMILES string of the molecule is CN(C)c1ccc(C(O)CNC(=O)/C=C/c2ccco2)cc1. The number of anilines is 1. The van der Waals surface area contributed by atoms with Gasteiger partial charge in [-0.05, 0) is 35.9 Å². The highest BCUT2D eigenvalue weighted by molar-refractivity contribution is 5.91. The Kier molecular flexibility index (Phi) is 5.38. The molecule has 0 aliphatic heterocycles. The first-order valence-electron chi connectivity index (χ1n) is 7.01. The zero-order valence-corrected chi connectivity index (χ0v) is 12.7. The first-order chi connectivity index (χ1) is 10.6. The van der Waals surface area contributed by atoms with Gasteiger partial charge in [0.05, 0.1) is 12.4 Å². The lowest BCUT2D eigenvalue weighted by Gasteiger charge is -2.15. The molecule has 0 aliphatic carbocycles. The number of carbonyl (C=O) groups excluding carboxylic acids is 1. The first-order valence-corrected chi connectivity index (χ1v) is 7.01. The minimum Gasteiger partial charge on any atom is -0.465 e. The summed E-state index contributed by atoms with van der Waals surface area (Å²) in [5.41, 5.74) is 1.82. The zero-order chi connectivity index (χ0) is 15.9. The summed E-state index contributed by atoms with van der Waals surface area (Å²) in [5, 5.41) is 12.7. The molecule has 22 heavy (non-hydrogen) atoms.